The number of piperazine rings is 1. The summed E-state index contributed by atoms with van der Waals surface area (Å²) in [5.74, 6) is 0.340. The van der Waals surface area contributed by atoms with E-state index < -0.39 is 0 Å². The van der Waals surface area contributed by atoms with Gasteiger partial charge in [0.1, 0.15) is 5.82 Å². The largest absolute Gasteiger partial charge is 0.367 e. The number of amides is 1. The van der Waals surface area contributed by atoms with Crippen LogP contribution in [-0.4, -0.2) is 67.8 Å². The Balaban J connectivity index is 1.47. The second-order valence-electron chi connectivity index (χ2n) is 8.26. The number of nitrogens with zero attached hydrogens (tertiary/aromatic N) is 3. The van der Waals surface area contributed by atoms with E-state index in [2.05, 4.69) is 4.90 Å². The molecule has 1 saturated carbocycles. The molecule has 6 heteroatoms. The number of anilines is 1. The van der Waals surface area contributed by atoms with Gasteiger partial charge in [0.25, 0.3) is 0 Å². The first-order valence-corrected chi connectivity index (χ1v) is 10.5. The maximum absolute atomic E-state index is 14.4. The summed E-state index contributed by atoms with van der Waals surface area (Å²) < 4.78 is 14.4. The number of carbonyl (C=O) groups is 2. The van der Waals surface area contributed by atoms with Crippen LogP contribution in [0.15, 0.2) is 18.2 Å². The quantitative estimate of drug-likeness (QED) is 0.701. The first-order chi connectivity index (χ1) is 13.4. The standard InChI is InChI=1S/C22H32FN3O2/c1-17(27)19-8-9-21(20(23)14-19)26-12-10-25(11-13-26)16-22(28)24(2)15-18-6-4-3-5-7-18/h8-9,14,18H,3-7,10-13,15-16H2,1-2H3. The summed E-state index contributed by atoms with van der Waals surface area (Å²) in [6, 6.07) is 4.68. The molecule has 0 spiro atoms. The monoisotopic (exact) mass is 389 g/mol. The Hall–Kier alpha value is -1.95. The maximum atomic E-state index is 14.4. The topological polar surface area (TPSA) is 43.9 Å². The minimum absolute atomic E-state index is 0.133. The molecule has 0 N–H and O–H groups in total. The van der Waals surface area contributed by atoms with Crippen LogP contribution < -0.4 is 4.90 Å². The molecule has 1 aliphatic heterocycles. The van der Waals surface area contributed by atoms with E-state index >= 15 is 0 Å². The fraction of sp³-hybridized carbons (Fsp3) is 0.636. The predicted octanol–water partition coefficient (Wildman–Crippen LogP) is 3.19. The van der Waals surface area contributed by atoms with Gasteiger partial charge in [0, 0.05) is 45.3 Å². The van der Waals surface area contributed by atoms with Gasteiger partial charge in [-0.15, -0.1) is 0 Å². The molecule has 2 aliphatic rings. The third-order valence-corrected chi connectivity index (χ3v) is 6.11. The van der Waals surface area contributed by atoms with Crippen LogP contribution in [-0.2, 0) is 4.79 Å². The third-order valence-electron chi connectivity index (χ3n) is 6.11. The lowest BCUT2D eigenvalue weighted by Crippen LogP contribution is -2.50. The van der Waals surface area contributed by atoms with Gasteiger partial charge in [-0.2, -0.15) is 0 Å². The molecular weight excluding hydrogens is 357 g/mol. The zero-order chi connectivity index (χ0) is 20.1. The second-order valence-corrected chi connectivity index (χ2v) is 8.26. The van der Waals surface area contributed by atoms with Crippen molar-refractivity contribution in [1.82, 2.24) is 9.80 Å². The van der Waals surface area contributed by atoms with Gasteiger partial charge in [-0.3, -0.25) is 14.5 Å². The summed E-state index contributed by atoms with van der Waals surface area (Å²) in [4.78, 5) is 30.0. The number of ketones is 1. The zero-order valence-corrected chi connectivity index (χ0v) is 17.1. The molecule has 0 aromatic heterocycles. The minimum atomic E-state index is -0.357. The molecule has 0 radical (unpaired) electrons. The molecule has 1 amide bonds. The Morgan fingerprint density at radius 3 is 2.39 bits per heavy atom. The van der Waals surface area contributed by atoms with Crippen molar-refractivity contribution in [2.75, 3.05) is 51.2 Å². The first-order valence-electron chi connectivity index (χ1n) is 10.5. The molecule has 0 unspecified atom stereocenters. The number of hydrogen-bond acceptors (Lipinski definition) is 4. The summed E-state index contributed by atoms with van der Waals surface area (Å²) in [5, 5.41) is 0. The van der Waals surface area contributed by atoms with Gasteiger partial charge in [-0.25, -0.2) is 4.39 Å². The highest BCUT2D eigenvalue weighted by Gasteiger charge is 2.24. The summed E-state index contributed by atoms with van der Waals surface area (Å²) in [7, 11) is 1.92. The summed E-state index contributed by atoms with van der Waals surface area (Å²) >= 11 is 0. The van der Waals surface area contributed by atoms with Crippen LogP contribution in [0.3, 0.4) is 0 Å². The average Bonchev–Trinajstić information content (AvgIpc) is 2.69. The Morgan fingerprint density at radius 1 is 1.11 bits per heavy atom. The number of likely N-dealkylation sites (N-methyl/N-ethyl adjacent to an activating group) is 1. The highest BCUT2D eigenvalue weighted by atomic mass is 19.1. The van der Waals surface area contributed by atoms with Crippen LogP contribution in [0.1, 0.15) is 49.4 Å². The van der Waals surface area contributed by atoms with Crippen molar-refractivity contribution in [1.29, 1.82) is 0 Å². The Bertz CT molecular complexity index is 695. The Kier molecular flexibility index (Phi) is 7.05. The van der Waals surface area contributed by atoms with E-state index in [4.69, 9.17) is 0 Å². The lowest BCUT2D eigenvalue weighted by molar-refractivity contribution is -0.131. The zero-order valence-electron chi connectivity index (χ0n) is 17.1. The number of carbonyl (C=O) groups excluding carboxylic acids is 2. The van der Waals surface area contributed by atoms with Crippen molar-refractivity contribution in [3.05, 3.63) is 29.6 Å². The van der Waals surface area contributed by atoms with Crippen molar-refractivity contribution in [2.45, 2.75) is 39.0 Å². The molecule has 2 fully saturated rings. The van der Waals surface area contributed by atoms with Crippen molar-refractivity contribution < 1.29 is 14.0 Å². The highest BCUT2D eigenvalue weighted by molar-refractivity contribution is 5.94. The summed E-state index contributed by atoms with van der Waals surface area (Å²) in [6.07, 6.45) is 6.39. The minimum Gasteiger partial charge on any atom is -0.367 e. The number of rotatable bonds is 6. The number of Topliss-reactive ketones (excluding diaryl/α,β-unsaturated/α-hetero) is 1. The van der Waals surface area contributed by atoms with Gasteiger partial charge in [-0.05, 0) is 43.9 Å². The average molecular weight is 390 g/mol. The number of benzene rings is 1. The van der Waals surface area contributed by atoms with E-state index in [-0.39, 0.29) is 17.5 Å². The predicted molar refractivity (Wildman–Crippen MR) is 109 cm³/mol. The van der Waals surface area contributed by atoms with Crippen molar-refractivity contribution in [2.24, 2.45) is 5.92 Å². The van der Waals surface area contributed by atoms with E-state index in [1.807, 2.05) is 16.8 Å². The fourth-order valence-electron chi connectivity index (χ4n) is 4.30. The normalized spacial score (nSPS) is 18.9. The highest BCUT2D eigenvalue weighted by Crippen LogP contribution is 2.24. The molecule has 0 atom stereocenters. The fourth-order valence-corrected chi connectivity index (χ4v) is 4.30. The van der Waals surface area contributed by atoms with Crippen LogP contribution in [0.4, 0.5) is 10.1 Å². The van der Waals surface area contributed by atoms with Crippen LogP contribution in [0.5, 0.6) is 0 Å². The molecule has 1 aromatic carbocycles. The summed E-state index contributed by atoms with van der Waals surface area (Å²) in [6.45, 7) is 5.56. The van der Waals surface area contributed by atoms with Gasteiger partial charge >= 0.3 is 0 Å². The second kappa shape index (κ2) is 9.50. The molecule has 1 heterocycles. The third kappa shape index (κ3) is 5.31. The lowest BCUT2D eigenvalue weighted by Gasteiger charge is -2.36. The Morgan fingerprint density at radius 2 is 1.79 bits per heavy atom. The van der Waals surface area contributed by atoms with Crippen LogP contribution >= 0.6 is 0 Å². The molecule has 1 saturated heterocycles. The van der Waals surface area contributed by atoms with Gasteiger partial charge in [0.2, 0.25) is 5.91 Å². The van der Waals surface area contributed by atoms with Gasteiger partial charge in [0.05, 0.1) is 12.2 Å². The maximum Gasteiger partial charge on any atom is 0.236 e. The van der Waals surface area contributed by atoms with Crippen molar-refractivity contribution >= 4 is 17.4 Å². The van der Waals surface area contributed by atoms with Gasteiger partial charge < -0.3 is 9.80 Å². The number of hydrogen-bond donors (Lipinski definition) is 0. The molecular formula is C22H32FN3O2. The van der Waals surface area contributed by atoms with Gasteiger partial charge in [-0.1, -0.05) is 19.3 Å². The van der Waals surface area contributed by atoms with E-state index in [1.165, 1.54) is 45.1 Å². The lowest BCUT2D eigenvalue weighted by atomic mass is 9.89. The van der Waals surface area contributed by atoms with E-state index in [9.17, 15) is 14.0 Å². The van der Waals surface area contributed by atoms with E-state index in [0.717, 1.165) is 19.6 Å². The molecule has 3 rings (SSSR count). The number of halogens is 1. The van der Waals surface area contributed by atoms with Gasteiger partial charge in [0.15, 0.2) is 5.78 Å². The SMILES string of the molecule is CC(=O)c1ccc(N2CCN(CC(=O)N(C)CC3CCCCC3)CC2)c(F)c1. The smallest absolute Gasteiger partial charge is 0.236 e. The molecule has 1 aliphatic carbocycles. The molecule has 0 bridgehead atoms. The van der Waals surface area contributed by atoms with Crippen molar-refractivity contribution in [3.63, 3.8) is 0 Å². The Labute approximate surface area is 167 Å². The van der Waals surface area contributed by atoms with E-state index in [1.54, 1.807) is 12.1 Å². The van der Waals surface area contributed by atoms with Crippen LogP contribution in [0, 0.1) is 11.7 Å². The van der Waals surface area contributed by atoms with E-state index in [0.29, 0.717) is 36.8 Å². The van der Waals surface area contributed by atoms with Crippen LogP contribution in [0.25, 0.3) is 0 Å². The molecule has 5 nitrogen and oxygen atoms in total. The molecule has 1 aromatic rings. The molecule has 28 heavy (non-hydrogen) atoms. The molecule has 154 valence electrons. The summed E-state index contributed by atoms with van der Waals surface area (Å²) in [5.41, 5.74) is 0.928. The van der Waals surface area contributed by atoms with Crippen molar-refractivity contribution in [3.8, 4) is 0 Å². The first kappa shape index (κ1) is 20.8. The van der Waals surface area contributed by atoms with Crippen LogP contribution in [0.2, 0.25) is 0 Å².